The van der Waals surface area contributed by atoms with Gasteiger partial charge in [-0.1, -0.05) is 37.3 Å². The van der Waals surface area contributed by atoms with Crippen molar-refractivity contribution < 1.29 is 14.4 Å². The lowest BCUT2D eigenvalue weighted by Gasteiger charge is -2.34. The third-order valence-electron chi connectivity index (χ3n) is 5.79. The lowest BCUT2D eigenvalue weighted by Crippen LogP contribution is -2.48. The Hall–Kier alpha value is -2.99. The highest BCUT2D eigenvalue weighted by Gasteiger charge is 2.36. The third kappa shape index (κ3) is 3.80. The van der Waals surface area contributed by atoms with Crippen LogP contribution < -0.4 is 0 Å². The number of likely N-dealkylation sites (N-methyl/N-ethyl adjacent to an activating group) is 1. The average molecular weight is 391 g/mol. The Morgan fingerprint density at radius 1 is 0.897 bits per heavy atom. The van der Waals surface area contributed by atoms with E-state index < -0.39 is 0 Å². The molecule has 2 aromatic carbocycles. The molecule has 4 rings (SSSR count). The van der Waals surface area contributed by atoms with E-state index in [1.54, 1.807) is 18.2 Å². The first-order valence-electron chi connectivity index (χ1n) is 10.1. The fourth-order valence-electron chi connectivity index (χ4n) is 3.96. The third-order valence-corrected chi connectivity index (χ3v) is 5.79. The van der Waals surface area contributed by atoms with E-state index in [-0.39, 0.29) is 17.7 Å². The topological polar surface area (TPSA) is 60.9 Å². The molecule has 0 atom stereocenters. The molecule has 2 heterocycles. The summed E-state index contributed by atoms with van der Waals surface area (Å²) in [4.78, 5) is 43.8. The SMILES string of the molecule is CCN1CCN(C(=O)c2ccc3c(c2)C(=O)N(CCc2ccccc2)C3=O)CC1. The van der Waals surface area contributed by atoms with Crippen molar-refractivity contribution >= 4 is 17.7 Å². The Bertz CT molecular complexity index is 934. The molecule has 6 heteroatoms. The number of imide groups is 1. The molecule has 1 saturated heterocycles. The predicted octanol–water partition coefficient (Wildman–Crippen LogP) is 2.30. The van der Waals surface area contributed by atoms with Gasteiger partial charge in [0.15, 0.2) is 0 Å². The zero-order valence-corrected chi connectivity index (χ0v) is 16.6. The van der Waals surface area contributed by atoms with Crippen LogP contribution in [0.4, 0.5) is 0 Å². The Morgan fingerprint density at radius 3 is 2.28 bits per heavy atom. The summed E-state index contributed by atoms with van der Waals surface area (Å²) in [5, 5.41) is 0. The number of piperazine rings is 1. The van der Waals surface area contributed by atoms with Crippen molar-refractivity contribution in [1.82, 2.24) is 14.7 Å². The number of hydrogen-bond acceptors (Lipinski definition) is 4. The number of amides is 3. The summed E-state index contributed by atoms with van der Waals surface area (Å²) in [5.74, 6) is -0.672. The van der Waals surface area contributed by atoms with Gasteiger partial charge in [0.2, 0.25) is 0 Å². The van der Waals surface area contributed by atoms with Gasteiger partial charge in [0.1, 0.15) is 0 Å². The molecule has 0 unspecified atom stereocenters. The summed E-state index contributed by atoms with van der Waals surface area (Å²) in [6, 6.07) is 14.7. The molecular formula is C23H25N3O3. The Labute approximate surface area is 170 Å². The minimum atomic E-state index is -0.314. The second-order valence-corrected chi connectivity index (χ2v) is 7.48. The van der Waals surface area contributed by atoms with Gasteiger partial charge in [-0.3, -0.25) is 19.3 Å². The Morgan fingerprint density at radius 2 is 1.59 bits per heavy atom. The van der Waals surface area contributed by atoms with E-state index in [2.05, 4.69) is 11.8 Å². The van der Waals surface area contributed by atoms with Crippen LogP contribution in [-0.4, -0.2) is 71.7 Å². The number of rotatable bonds is 5. The molecule has 150 valence electrons. The van der Waals surface area contributed by atoms with Crippen molar-refractivity contribution in [3.63, 3.8) is 0 Å². The molecule has 0 bridgehead atoms. The van der Waals surface area contributed by atoms with Crippen molar-refractivity contribution in [3.8, 4) is 0 Å². The van der Waals surface area contributed by atoms with Gasteiger partial charge in [0, 0.05) is 38.3 Å². The van der Waals surface area contributed by atoms with Crippen LogP contribution in [0.1, 0.15) is 43.6 Å². The molecule has 0 aliphatic carbocycles. The van der Waals surface area contributed by atoms with Gasteiger partial charge in [-0.15, -0.1) is 0 Å². The average Bonchev–Trinajstić information content (AvgIpc) is 3.01. The van der Waals surface area contributed by atoms with Crippen molar-refractivity contribution in [2.75, 3.05) is 39.3 Å². The van der Waals surface area contributed by atoms with Crippen LogP contribution in [0.3, 0.4) is 0 Å². The molecule has 29 heavy (non-hydrogen) atoms. The van der Waals surface area contributed by atoms with E-state index in [9.17, 15) is 14.4 Å². The first kappa shape index (κ1) is 19.3. The monoisotopic (exact) mass is 391 g/mol. The summed E-state index contributed by atoms with van der Waals surface area (Å²) in [7, 11) is 0. The molecule has 0 radical (unpaired) electrons. The smallest absolute Gasteiger partial charge is 0.261 e. The van der Waals surface area contributed by atoms with Crippen LogP contribution in [0.2, 0.25) is 0 Å². The summed E-state index contributed by atoms with van der Waals surface area (Å²) in [6.07, 6.45) is 0.611. The lowest BCUT2D eigenvalue weighted by molar-refractivity contribution is 0.0640. The Balaban J connectivity index is 1.47. The summed E-state index contributed by atoms with van der Waals surface area (Å²) in [5.41, 5.74) is 2.27. The van der Waals surface area contributed by atoms with Gasteiger partial charge in [-0.2, -0.15) is 0 Å². The molecule has 3 amide bonds. The number of carbonyl (C=O) groups excluding carboxylic acids is 3. The van der Waals surface area contributed by atoms with E-state index in [1.807, 2.05) is 35.2 Å². The fourth-order valence-corrected chi connectivity index (χ4v) is 3.96. The van der Waals surface area contributed by atoms with Crippen LogP contribution in [-0.2, 0) is 6.42 Å². The number of nitrogens with zero attached hydrogens (tertiary/aromatic N) is 3. The molecule has 0 N–H and O–H groups in total. The number of benzene rings is 2. The van der Waals surface area contributed by atoms with E-state index in [0.29, 0.717) is 42.7 Å². The van der Waals surface area contributed by atoms with Crippen molar-refractivity contribution in [2.24, 2.45) is 0 Å². The van der Waals surface area contributed by atoms with E-state index in [1.165, 1.54) is 4.90 Å². The van der Waals surface area contributed by atoms with Crippen LogP contribution >= 0.6 is 0 Å². The van der Waals surface area contributed by atoms with Gasteiger partial charge in [0.25, 0.3) is 17.7 Å². The number of carbonyl (C=O) groups is 3. The zero-order valence-electron chi connectivity index (χ0n) is 16.6. The normalized spacial score (nSPS) is 17.0. The van der Waals surface area contributed by atoms with Crippen molar-refractivity contribution in [3.05, 3.63) is 70.8 Å². The van der Waals surface area contributed by atoms with Gasteiger partial charge >= 0.3 is 0 Å². The van der Waals surface area contributed by atoms with Crippen molar-refractivity contribution in [2.45, 2.75) is 13.3 Å². The summed E-state index contributed by atoms with van der Waals surface area (Å²) >= 11 is 0. The lowest BCUT2D eigenvalue weighted by atomic mass is 10.0. The highest BCUT2D eigenvalue weighted by atomic mass is 16.2. The molecule has 2 aliphatic heterocycles. The number of fused-ring (bicyclic) bond motifs is 1. The number of hydrogen-bond donors (Lipinski definition) is 0. The van der Waals surface area contributed by atoms with Crippen LogP contribution in [0, 0.1) is 0 Å². The van der Waals surface area contributed by atoms with E-state index >= 15 is 0 Å². The maximum Gasteiger partial charge on any atom is 0.261 e. The quantitative estimate of drug-likeness (QED) is 0.734. The molecule has 2 aromatic rings. The maximum absolute atomic E-state index is 12.9. The molecular weight excluding hydrogens is 366 g/mol. The van der Waals surface area contributed by atoms with Crippen LogP contribution in [0.25, 0.3) is 0 Å². The van der Waals surface area contributed by atoms with Gasteiger partial charge in [-0.05, 0) is 36.7 Å². The summed E-state index contributed by atoms with van der Waals surface area (Å²) < 4.78 is 0. The van der Waals surface area contributed by atoms with E-state index in [0.717, 1.165) is 25.2 Å². The second-order valence-electron chi connectivity index (χ2n) is 7.48. The maximum atomic E-state index is 12.9. The molecule has 2 aliphatic rings. The second kappa shape index (κ2) is 8.17. The molecule has 0 aromatic heterocycles. The predicted molar refractivity (Wildman–Crippen MR) is 110 cm³/mol. The molecule has 0 spiro atoms. The molecule has 0 saturated carbocycles. The van der Waals surface area contributed by atoms with Crippen LogP contribution in [0.15, 0.2) is 48.5 Å². The minimum Gasteiger partial charge on any atom is -0.336 e. The van der Waals surface area contributed by atoms with Gasteiger partial charge in [0.05, 0.1) is 11.1 Å². The van der Waals surface area contributed by atoms with Crippen LogP contribution in [0.5, 0.6) is 0 Å². The Kier molecular flexibility index (Phi) is 5.45. The summed E-state index contributed by atoms with van der Waals surface area (Å²) in [6.45, 7) is 6.51. The molecule has 1 fully saturated rings. The fraction of sp³-hybridized carbons (Fsp3) is 0.348. The van der Waals surface area contributed by atoms with Crippen molar-refractivity contribution in [1.29, 1.82) is 0 Å². The first-order chi connectivity index (χ1) is 14.1. The highest BCUT2D eigenvalue weighted by Crippen LogP contribution is 2.25. The standard InChI is InChI=1S/C23H25N3O3/c1-2-24-12-14-25(15-13-24)21(27)18-8-9-19-20(16-18)23(29)26(22(19)28)11-10-17-6-4-3-5-7-17/h3-9,16H,2,10-15H2,1H3. The largest absolute Gasteiger partial charge is 0.336 e. The molecule has 6 nitrogen and oxygen atoms in total. The zero-order chi connectivity index (χ0) is 20.4. The van der Waals surface area contributed by atoms with E-state index in [4.69, 9.17) is 0 Å². The van der Waals surface area contributed by atoms with Gasteiger partial charge in [-0.25, -0.2) is 0 Å². The highest BCUT2D eigenvalue weighted by molar-refractivity contribution is 6.22. The minimum absolute atomic E-state index is 0.0773. The van der Waals surface area contributed by atoms with Gasteiger partial charge < -0.3 is 9.80 Å². The first-order valence-corrected chi connectivity index (χ1v) is 10.1.